The number of amides is 2. The van der Waals surface area contributed by atoms with Crippen molar-refractivity contribution in [3.8, 4) is 11.5 Å². The number of anilines is 1. The summed E-state index contributed by atoms with van der Waals surface area (Å²) in [6.45, 7) is 3.49. The Morgan fingerprint density at radius 2 is 1.86 bits per heavy atom. The van der Waals surface area contributed by atoms with Crippen LogP contribution >= 0.6 is 12.4 Å². The Kier molecular flexibility index (Phi) is 8.38. The average Bonchev–Trinajstić information content (AvgIpc) is 3.39. The van der Waals surface area contributed by atoms with Gasteiger partial charge in [0.25, 0.3) is 5.91 Å². The highest BCUT2D eigenvalue weighted by atomic mass is 35.5. The van der Waals surface area contributed by atoms with Crippen molar-refractivity contribution < 1.29 is 19.1 Å². The molecule has 2 aliphatic heterocycles. The van der Waals surface area contributed by atoms with Gasteiger partial charge in [0.05, 0.1) is 25.5 Å². The zero-order valence-corrected chi connectivity index (χ0v) is 17.4. The first-order chi connectivity index (χ1) is 13.1. The molecule has 2 heterocycles. The second-order valence-corrected chi connectivity index (χ2v) is 7.20. The third-order valence-electron chi connectivity index (χ3n) is 5.36. The van der Waals surface area contributed by atoms with E-state index in [4.69, 9.17) is 9.47 Å². The van der Waals surface area contributed by atoms with Crippen molar-refractivity contribution in [2.45, 2.75) is 32.1 Å². The van der Waals surface area contributed by atoms with Crippen LogP contribution in [-0.4, -0.2) is 57.1 Å². The summed E-state index contributed by atoms with van der Waals surface area (Å²) in [6.07, 6.45) is 4.42. The van der Waals surface area contributed by atoms with Gasteiger partial charge in [-0.25, -0.2) is 0 Å². The average molecular weight is 412 g/mol. The zero-order chi connectivity index (χ0) is 19.2. The van der Waals surface area contributed by atoms with Gasteiger partial charge >= 0.3 is 0 Å². The molecular weight excluding hydrogens is 382 g/mol. The molecule has 2 amide bonds. The molecule has 1 atom stereocenters. The molecule has 1 aromatic carbocycles. The quantitative estimate of drug-likeness (QED) is 0.721. The van der Waals surface area contributed by atoms with E-state index in [0.29, 0.717) is 35.1 Å². The molecule has 1 unspecified atom stereocenters. The fraction of sp³-hybridized carbons (Fsp3) is 0.600. The first-order valence-corrected chi connectivity index (χ1v) is 9.68. The fourth-order valence-electron chi connectivity index (χ4n) is 3.76. The van der Waals surface area contributed by atoms with Crippen LogP contribution in [0.15, 0.2) is 12.1 Å². The third-order valence-corrected chi connectivity index (χ3v) is 5.36. The molecule has 2 saturated heterocycles. The summed E-state index contributed by atoms with van der Waals surface area (Å²) < 4.78 is 10.7. The van der Waals surface area contributed by atoms with Crippen LogP contribution in [0.3, 0.4) is 0 Å². The Labute approximate surface area is 172 Å². The first-order valence-electron chi connectivity index (χ1n) is 9.68. The molecule has 1 aromatic rings. The molecule has 0 radical (unpaired) electrons. The highest BCUT2D eigenvalue weighted by Crippen LogP contribution is 2.34. The van der Waals surface area contributed by atoms with Crippen LogP contribution < -0.4 is 20.1 Å². The lowest BCUT2D eigenvalue weighted by atomic mass is 10.0. The Morgan fingerprint density at radius 1 is 1.18 bits per heavy atom. The molecule has 7 nitrogen and oxygen atoms in total. The highest BCUT2D eigenvalue weighted by Gasteiger charge is 2.25. The molecule has 28 heavy (non-hydrogen) atoms. The van der Waals surface area contributed by atoms with Gasteiger partial charge in [0.2, 0.25) is 5.91 Å². The van der Waals surface area contributed by atoms with Crippen LogP contribution in [0.5, 0.6) is 11.5 Å². The van der Waals surface area contributed by atoms with E-state index in [9.17, 15) is 9.59 Å². The summed E-state index contributed by atoms with van der Waals surface area (Å²) in [5.74, 6) is 1.36. The summed E-state index contributed by atoms with van der Waals surface area (Å²) in [6, 6.07) is 3.34. The van der Waals surface area contributed by atoms with Gasteiger partial charge in [0.1, 0.15) is 0 Å². The smallest absolute Gasteiger partial charge is 0.256 e. The maximum atomic E-state index is 13.0. The van der Waals surface area contributed by atoms with Gasteiger partial charge in [0, 0.05) is 25.6 Å². The van der Waals surface area contributed by atoms with E-state index in [-0.39, 0.29) is 24.2 Å². The van der Waals surface area contributed by atoms with Gasteiger partial charge in [-0.3, -0.25) is 9.59 Å². The molecule has 0 aliphatic carbocycles. The lowest BCUT2D eigenvalue weighted by Gasteiger charge is -2.20. The maximum absolute atomic E-state index is 13.0. The number of carbonyl (C=O) groups is 2. The van der Waals surface area contributed by atoms with Crippen molar-refractivity contribution in [3.05, 3.63) is 17.7 Å². The van der Waals surface area contributed by atoms with Gasteiger partial charge in [-0.1, -0.05) is 0 Å². The minimum Gasteiger partial charge on any atom is -0.493 e. The number of likely N-dealkylation sites (tertiary alicyclic amines) is 1. The SMILES string of the molecule is COc1cc(NC(=O)CCC2CCNC2)c(C(=O)N2CCCC2)cc1OC.Cl. The summed E-state index contributed by atoms with van der Waals surface area (Å²) in [4.78, 5) is 27.3. The van der Waals surface area contributed by atoms with E-state index >= 15 is 0 Å². The fourth-order valence-corrected chi connectivity index (χ4v) is 3.76. The molecule has 3 rings (SSSR count). The van der Waals surface area contributed by atoms with Crippen molar-refractivity contribution in [3.63, 3.8) is 0 Å². The summed E-state index contributed by atoms with van der Waals surface area (Å²) in [7, 11) is 3.08. The number of nitrogens with one attached hydrogen (secondary N) is 2. The number of hydrogen-bond donors (Lipinski definition) is 2. The van der Waals surface area contributed by atoms with Crippen molar-refractivity contribution in [2.24, 2.45) is 5.92 Å². The highest BCUT2D eigenvalue weighted by molar-refractivity contribution is 6.04. The van der Waals surface area contributed by atoms with Crippen LogP contribution in [0.4, 0.5) is 5.69 Å². The molecule has 2 fully saturated rings. The lowest BCUT2D eigenvalue weighted by Crippen LogP contribution is -2.29. The van der Waals surface area contributed by atoms with Crippen molar-refractivity contribution in [2.75, 3.05) is 45.7 Å². The number of ether oxygens (including phenoxy) is 2. The molecule has 0 saturated carbocycles. The Balaban J connectivity index is 0.00000280. The Hall–Kier alpha value is -1.99. The predicted molar refractivity (Wildman–Crippen MR) is 111 cm³/mol. The number of benzene rings is 1. The predicted octanol–water partition coefficient (Wildman–Crippen LogP) is 2.69. The lowest BCUT2D eigenvalue weighted by molar-refractivity contribution is -0.116. The standard InChI is InChI=1S/C20H29N3O4.ClH/c1-26-17-11-15(20(25)23-9-3-4-10-23)16(12-18(17)27-2)22-19(24)6-5-14-7-8-21-13-14;/h11-12,14,21H,3-10,13H2,1-2H3,(H,22,24);1H. The maximum Gasteiger partial charge on any atom is 0.256 e. The van der Waals surface area contributed by atoms with Gasteiger partial charge in [-0.05, 0) is 50.8 Å². The van der Waals surface area contributed by atoms with Crippen LogP contribution in [-0.2, 0) is 4.79 Å². The minimum absolute atomic E-state index is 0. The molecule has 2 aliphatic rings. The zero-order valence-electron chi connectivity index (χ0n) is 16.6. The van der Waals surface area contributed by atoms with Crippen molar-refractivity contribution in [1.29, 1.82) is 0 Å². The van der Waals surface area contributed by atoms with E-state index in [1.165, 1.54) is 7.11 Å². The second kappa shape index (κ2) is 10.5. The first kappa shape index (κ1) is 22.3. The second-order valence-electron chi connectivity index (χ2n) is 7.20. The normalized spacial score (nSPS) is 18.5. The number of halogens is 1. The number of rotatable bonds is 7. The molecule has 2 N–H and O–H groups in total. The van der Waals surface area contributed by atoms with E-state index in [0.717, 1.165) is 51.9 Å². The molecular formula is C20H30ClN3O4. The van der Waals surface area contributed by atoms with Gasteiger partial charge in [-0.2, -0.15) is 0 Å². The topological polar surface area (TPSA) is 79.9 Å². The third kappa shape index (κ3) is 5.29. The van der Waals surface area contributed by atoms with Gasteiger partial charge in [-0.15, -0.1) is 12.4 Å². The summed E-state index contributed by atoms with van der Waals surface area (Å²) in [5.41, 5.74) is 0.935. The van der Waals surface area contributed by atoms with Gasteiger partial charge < -0.3 is 25.0 Å². The van der Waals surface area contributed by atoms with Crippen LogP contribution in [0.25, 0.3) is 0 Å². The monoisotopic (exact) mass is 411 g/mol. The molecule has 0 aromatic heterocycles. The van der Waals surface area contributed by atoms with Crippen LogP contribution in [0, 0.1) is 5.92 Å². The van der Waals surface area contributed by atoms with E-state index in [1.54, 1.807) is 19.2 Å². The molecule has 0 bridgehead atoms. The number of carbonyl (C=O) groups excluding carboxylic acids is 2. The number of nitrogens with zero attached hydrogens (tertiary/aromatic N) is 1. The van der Waals surface area contributed by atoms with Crippen molar-refractivity contribution >= 4 is 29.9 Å². The largest absolute Gasteiger partial charge is 0.493 e. The molecule has 8 heteroatoms. The number of methoxy groups -OCH3 is 2. The Morgan fingerprint density at radius 3 is 2.46 bits per heavy atom. The Bertz CT molecular complexity index is 686. The van der Waals surface area contributed by atoms with E-state index < -0.39 is 0 Å². The summed E-state index contributed by atoms with van der Waals surface area (Å²) in [5, 5.41) is 6.24. The van der Waals surface area contributed by atoms with Crippen molar-refractivity contribution in [1.82, 2.24) is 10.2 Å². The van der Waals surface area contributed by atoms with Crippen LogP contribution in [0.1, 0.15) is 42.5 Å². The number of hydrogen-bond acceptors (Lipinski definition) is 5. The minimum atomic E-state index is -0.0799. The molecule has 156 valence electrons. The van der Waals surface area contributed by atoms with E-state index in [2.05, 4.69) is 10.6 Å². The van der Waals surface area contributed by atoms with E-state index in [1.807, 2.05) is 4.90 Å². The summed E-state index contributed by atoms with van der Waals surface area (Å²) >= 11 is 0. The molecule has 0 spiro atoms. The van der Waals surface area contributed by atoms with Gasteiger partial charge in [0.15, 0.2) is 11.5 Å². The van der Waals surface area contributed by atoms with Crippen LogP contribution in [0.2, 0.25) is 0 Å².